The number of nitrogens with two attached hydrogens (primary N) is 1. The first kappa shape index (κ1) is 13.1. The van der Waals surface area contributed by atoms with Crippen LogP contribution in [0.15, 0.2) is 18.2 Å². The Morgan fingerprint density at radius 3 is 2.50 bits per heavy atom. The van der Waals surface area contributed by atoms with Crippen LogP contribution in [0.1, 0.15) is 12.5 Å². The Hall–Kier alpha value is -0.930. The molecule has 0 aliphatic carbocycles. The fourth-order valence-corrected chi connectivity index (χ4v) is 1.12. The zero-order valence-electron chi connectivity index (χ0n) is 8.45. The first-order valence-electron chi connectivity index (χ1n) is 4.31. The van der Waals surface area contributed by atoms with Gasteiger partial charge in [0, 0.05) is 6.54 Å². The normalized spacial score (nSPS) is 9.07. The molecule has 0 aliphatic heterocycles. The number of hydrogen-bond acceptors (Lipinski definition) is 3. The Kier molecular flexibility index (Phi) is 6.08. The summed E-state index contributed by atoms with van der Waals surface area (Å²) in [4.78, 5) is 0. The van der Waals surface area contributed by atoms with E-state index in [2.05, 4.69) is 0 Å². The second kappa shape index (κ2) is 6.51. The zero-order chi connectivity index (χ0) is 9.68. The van der Waals surface area contributed by atoms with Crippen LogP contribution in [0.4, 0.5) is 0 Å². The molecule has 14 heavy (non-hydrogen) atoms. The van der Waals surface area contributed by atoms with Crippen LogP contribution in [-0.4, -0.2) is 13.7 Å². The summed E-state index contributed by atoms with van der Waals surface area (Å²) < 4.78 is 10.5. The van der Waals surface area contributed by atoms with E-state index < -0.39 is 0 Å². The van der Waals surface area contributed by atoms with Crippen LogP contribution in [0, 0.1) is 0 Å². The van der Waals surface area contributed by atoms with Gasteiger partial charge in [-0.2, -0.15) is 0 Å². The van der Waals surface area contributed by atoms with E-state index in [1.54, 1.807) is 7.11 Å². The van der Waals surface area contributed by atoms with Crippen molar-refractivity contribution in [1.82, 2.24) is 0 Å². The standard InChI is InChI=1S/C10H15NO2.ClH/c1-3-13-10-6-8(7-11)4-5-9(10)12-2;/h4-6H,3,7,11H2,1-2H3;1H. The maximum Gasteiger partial charge on any atom is 0.161 e. The van der Waals surface area contributed by atoms with E-state index in [1.807, 2.05) is 25.1 Å². The van der Waals surface area contributed by atoms with Crippen molar-refractivity contribution in [3.8, 4) is 11.5 Å². The summed E-state index contributed by atoms with van der Waals surface area (Å²) in [5.74, 6) is 1.51. The lowest BCUT2D eigenvalue weighted by Gasteiger charge is -2.09. The van der Waals surface area contributed by atoms with Gasteiger partial charge in [0.05, 0.1) is 13.7 Å². The third-order valence-corrected chi connectivity index (χ3v) is 1.76. The monoisotopic (exact) mass is 217 g/mol. The lowest BCUT2D eigenvalue weighted by atomic mass is 10.2. The van der Waals surface area contributed by atoms with Crippen LogP contribution in [-0.2, 0) is 6.54 Å². The molecule has 0 unspecified atom stereocenters. The smallest absolute Gasteiger partial charge is 0.161 e. The molecule has 0 spiro atoms. The van der Waals surface area contributed by atoms with Crippen LogP contribution in [0.25, 0.3) is 0 Å². The van der Waals surface area contributed by atoms with E-state index in [-0.39, 0.29) is 12.4 Å². The van der Waals surface area contributed by atoms with Crippen LogP contribution >= 0.6 is 12.4 Å². The largest absolute Gasteiger partial charge is 0.493 e. The third kappa shape index (κ3) is 3.09. The van der Waals surface area contributed by atoms with Crippen molar-refractivity contribution in [2.24, 2.45) is 5.73 Å². The SMILES string of the molecule is CCOc1cc(CN)ccc1OC.Cl. The Morgan fingerprint density at radius 1 is 1.29 bits per heavy atom. The molecule has 0 aliphatic rings. The second-order valence-corrected chi connectivity index (χ2v) is 2.62. The van der Waals surface area contributed by atoms with Gasteiger partial charge in [-0.25, -0.2) is 0 Å². The highest BCUT2D eigenvalue weighted by molar-refractivity contribution is 5.85. The summed E-state index contributed by atoms with van der Waals surface area (Å²) >= 11 is 0. The summed E-state index contributed by atoms with van der Waals surface area (Å²) in [6, 6.07) is 5.71. The molecule has 80 valence electrons. The van der Waals surface area contributed by atoms with E-state index in [4.69, 9.17) is 15.2 Å². The van der Waals surface area contributed by atoms with Gasteiger partial charge in [0.2, 0.25) is 0 Å². The third-order valence-electron chi connectivity index (χ3n) is 1.76. The molecule has 0 radical (unpaired) electrons. The molecule has 3 nitrogen and oxygen atoms in total. The van der Waals surface area contributed by atoms with Gasteiger partial charge in [0.15, 0.2) is 11.5 Å². The van der Waals surface area contributed by atoms with Gasteiger partial charge >= 0.3 is 0 Å². The number of methoxy groups -OCH3 is 1. The molecular formula is C10H16ClNO2. The molecule has 0 saturated heterocycles. The summed E-state index contributed by atoms with van der Waals surface area (Å²) in [6.45, 7) is 3.09. The molecule has 2 N–H and O–H groups in total. The van der Waals surface area contributed by atoms with Gasteiger partial charge in [0.25, 0.3) is 0 Å². The molecule has 1 aromatic rings. The molecule has 0 fully saturated rings. The number of hydrogen-bond donors (Lipinski definition) is 1. The first-order chi connectivity index (χ1) is 6.31. The van der Waals surface area contributed by atoms with E-state index in [9.17, 15) is 0 Å². The minimum Gasteiger partial charge on any atom is -0.493 e. The van der Waals surface area contributed by atoms with Gasteiger partial charge < -0.3 is 15.2 Å². The number of benzene rings is 1. The summed E-state index contributed by atoms with van der Waals surface area (Å²) in [6.07, 6.45) is 0. The molecule has 1 aromatic carbocycles. The topological polar surface area (TPSA) is 44.5 Å². The minimum absolute atomic E-state index is 0. The summed E-state index contributed by atoms with van der Waals surface area (Å²) in [5, 5.41) is 0. The molecule has 0 saturated carbocycles. The van der Waals surface area contributed by atoms with Crippen molar-refractivity contribution in [2.75, 3.05) is 13.7 Å². The Morgan fingerprint density at radius 2 is 2.00 bits per heavy atom. The lowest BCUT2D eigenvalue weighted by molar-refractivity contribution is 0.310. The molecule has 0 atom stereocenters. The highest BCUT2D eigenvalue weighted by Gasteiger charge is 2.03. The number of ether oxygens (including phenoxy) is 2. The maximum absolute atomic E-state index is 5.51. The maximum atomic E-state index is 5.51. The van der Waals surface area contributed by atoms with Crippen molar-refractivity contribution in [3.05, 3.63) is 23.8 Å². The van der Waals surface area contributed by atoms with Crippen LogP contribution in [0.5, 0.6) is 11.5 Å². The second-order valence-electron chi connectivity index (χ2n) is 2.62. The van der Waals surface area contributed by atoms with Crippen LogP contribution in [0.2, 0.25) is 0 Å². The molecule has 0 amide bonds. The summed E-state index contributed by atoms with van der Waals surface area (Å²) in [7, 11) is 1.62. The van der Waals surface area contributed by atoms with Gasteiger partial charge in [-0.15, -0.1) is 12.4 Å². The van der Waals surface area contributed by atoms with Gasteiger partial charge in [-0.1, -0.05) is 6.07 Å². The fraction of sp³-hybridized carbons (Fsp3) is 0.400. The molecule has 0 heterocycles. The average Bonchev–Trinajstić information content (AvgIpc) is 2.18. The molecule has 0 aromatic heterocycles. The van der Waals surface area contributed by atoms with Crippen molar-refractivity contribution < 1.29 is 9.47 Å². The van der Waals surface area contributed by atoms with Gasteiger partial charge in [-0.05, 0) is 24.6 Å². The average molecular weight is 218 g/mol. The Labute approximate surface area is 90.6 Å². The highest BCUT2D eigenvalue weighted by Crippen LogP contribution is 2.27. The Balaban J connectivity index is 0.00000169. The van der Waals surface area contributed by atoms with Crippen molar-refractivity contribution >= 4 is 12.4 Å². The minimum atomic E-state index is 0. The first-order valence-corrected chi connectivity index (χ1v) is 4.31. The van der Waals surface area contributed by atoms with Crippen molar-refractivity contribution in [2.45, 2.75) is 13.5 Å². The Bertz CT molecular complexity index is 279. The van der Waals surface area contributed by atoms with Crippen LogP contribution < -0.4 is 15.2 Å². The van der Waals surface area contributed by atoms with Crippen LogP contribution in [0.3, 0.4) is 0 Å². The van der Waals surface area contributed by atoms with Crippen molar-refractivity contribution in [3.63, 3.8) is 0 Å². The number of rotatable bonds is 4. The lowest BCUT2D eigenvalue weighted by Crippen LogP contribution is -1.99. The van der Waals surface area contributed by atoms with E-state index in [0.29, 0.717) is 13.2 Å². The zero-order valence-corrected chi connectivity index (χ0v) is 9.26. The van der Waals surface area contributed by atoms with E-state index in [1.165, 1.54) is 0 Å². The van der Waals surface area contributed by atoms with E-state index >= 15 is 0 Å². The number of halogens is 1. The molecule has 4 heteroatoms. The molecule has 1 rings (SSSR count). The predicted octanol–water partition coefficient (Wildman–Crippen LogP) is 1.97. The van der Waals surface area contributed by atoms with Crippen molar-refractivity contribution in [1.29, 1.82) is 0 Å². The quantitative estimate of drug-likeness (QED) is 0.839. The fourth-order valence-electron chi connectivity index (χ4n) is 1.12. The molecular weight excluding hydrogens is 202 g/mol. The molecule has 0 bridgehead atoms. The summed E-state index contributed by atoms with van der Waals surface area (Å²) in [5.41, 5.74) is 6.56. The van der Waals surface area contributed by atoms with Gasteiger partial charge in [0.1, 0.15) is 0 Å². The predicted molar refractivity (Wildman–Crippen MR) is 59.3 cm³/mol. The van der Waals surface area contributed by atoms with Gasteiger partial charge in [-0.3, -0.25) is 0 Å². The highest BCUT2D eigenvalue weighted by atomic mass is 35.5. The van der Waals surface area contributed by atoms with E-state index in [0.717, 1.165) is 17.1 Å².